The second-order valence-corrected chi connectivity index (χ2v) is 7.69. The summed E-state index contributed by atoms with van der Waals surface area (Å²) < 4.78 is 26.8. The fourth-order valence-electron chi connectivity index (χ4n) is 2.09. The van der Waals surface area contributed by atoms with Crippen LogP contribution in [0, 0.1) is 5.92 Å². The van der Waals surface area contributed by atoms with Crippen LogP contribution < -0.4 is 10.0 Å². The van der Waals surface area contributed by atoms with Crippen LogP contribution in [0.15, 0.2) is 29.2 Å². The molecule has 2 atom stereocenters. The molecule has 7 nitrogen and oxygen atoms in total. The molecule has 24 heavy (non-hydrogen) atoms. The highest BCUT2D eigenvalue weighted by Gasteiger charge is 2.26. The van der Waals surface area contributed by atoms with E-state index in [0.717, 1.165) is 0 Å². The van der Waals surface area contributed by atoms with Gasteiger partial charge in [0.15, 0.2) is 0 Å². The number of hydrogen-bond donors (Lipinski definition) is 3. The lowest BCUT2D eigenvalue weighted by Crippen LogP contribution is -2.45. The van der Waals surface area contributed by atoms with Crippen molar-refractivity contribution in [2.24, 2.45) is 5.92 Å². The average molecular weight is 356 g/mol. The molecule has 0 heterocycles. The van der Waals surface area contributed by atoms with Gasteiger partial charge in [0.05, 0.1) is 4.90 Å². The second kappa shape index (κ2) is 8.25. The number of rotatable bonds is 8. The lowest BCUT2D eigenvalue weighted by Gasteiger charge is -2.20. The highest BCUT2D eigenvalue weighted by Crippen LogP contribution is 2.14. The third kappa shape index (κ3) is 5.31. The van der Waals surface area contributed by atoms with Crippen LogP contribution in [0.5, 0.6) is 0 Å². The molecule has 0 saturated heterocycles. The summed E-state index contributed by atoms with van der Waals surface area (Å²) >= 11 is 0. The standard InChI is InChI=1S/C16H24N2O5S/c1-5-11(4)14(16(20)21)17-15(19)12-7-6-8-13(9-12)24(22,23)18-10(2)3/h6-11,14,18H,5H2,1-4H3,(H,17,19)(H,20,21)/t11-,14-/m0/s1. The molecule has 0 spiro atoms. The molecule has 0 saturated carbocycles. The molecule has 0 bridgehead atoms. The van der Waals surface area contributed by atoms with Crippen molar-refractivity contribution in [3.63, 3.8) is 0 Å². The summed E-state index contributed by atoms with van der Waals surface area (Å²) in [5.74, 6) is -1.99. The molecule has 8 heteroatoms. The van der Waals surface area contributed by atoms with Gasteiger partial charge in [-0.25, -0.2) is 17.9 Å². The number of carboxylic acid groups (broad SMARTS) is 1. The zero-order valence-electron chi connectivity index (χ0n) is 14.2. The van der Waals surface area contributed by atoms with Crippen LogP contribution >= 0.6 is 0 Å². The number of nitrogens with one attached hydrogen (secondary N) is 2. The van der Waals surface area contributed by atoms with Crippen LogP contribution in [0.2, 0.25) is 0 Å². The highest BCUT2D eigenvalue weighted by molar-refractivity contribution is 7.89. The maximum atomic E-state index is 12.3. The Morgan fingerprint density at radius 3 is 2.33 bits per heavy atom. The first-order valence-corrected chi connectivity index (χ1v) is 9.22. The molecular formula is C16H24N2O5S. The van der Waals surface area contributed by atoms with E-state index in [-0.39, 0.29) is 22.4 Å². The van der Waals surface area contributed by atoms with Gasteiger partial charge >= 0.3 is 5.97 Å². The Bertz CT molecular complexity index is 700. The third-order valence-electron chi connectivity index (χ3n) is 3.56. The molecule has 1 aromatic carbocycles. The molecule has 1 amide bonds. The van der Waals surface area contributed by atoms with Gasteiger partial charge in [0, 0.05) is 11.6 Å². The SMILES string of the molecule is CC[C@H](C)[C@H](NC(=O)c1cccc(S(=O)(=O)NC(C)C)c1)C(=O)O. The summed E-state index contributed by atoms with van der Waals surface area (Å²) in [4.78, 5) is 23.5. The predicted octanol–water partition coefficient (Wildman–Crippen LogP) is 1.60. The Kier molecular flexibility index (Phi) is 6.92. The molecule has 134 valence electrons. The number of amides is 1. The Morgan fingerprint density at radius 2 is 1.83 bits per heavy atom. The number of hydrogen-bond acceptors (Lipinski definition) is 4. The summed E-state index contributed by atoms with van der Waals surface area (Å²) in [7, 11) is -3.73. The van der Waals surface area contributed by atoms with Crippen molar-refractivity contribution in [1.29, 1.82) is 0 Å². The number of benzene rings is 1. The lowest BCUT2D eigenvalue weighted by atomic mass is 9.99. The Hall–Kier alpha value is -1.93. The van der Waals surface area contributed by atoms with Gasteiger partial charge in [-0.1, -0.05) is 26.3 Å². The van der Waals surface area contributed by atoms with Crippen LogP contribution in [0.4, 0.5) is 0 Å². The highest BCUT2D eigenvalue weighted by atomic mass is 32.2. The summed E-state index contributed by atoms with van der Waals surface area (Å²) in [6.45, 7) is 6.94. The number of sulfonamides is 1. The van der Waals surface area contributed by atoms with Crippen molar-refractivity contribution in [1.82, 2.24) is 10.0 Å². The fraction of sp³-hybridized carbons (Fsp3) is 0.500. The summed E-state index contributed by atoms with van der Waals surface area (Å²) in [5.41, 5.74) is 0.0937. The third-order valence-corrected chi connectivity index (χ3v) is 5.22. The van der Waals surface area contributed by atoms with Crippen molar-refractivity contribution >= 4 is 21.9 Å². The zero-order valence-corrected chi connectivity index (χ0v) is 15.1. The smallest absolute Gasteiger partial charge is 0.326 e. The van der Waals surface area contributed by atoms with Crippen molar-refractivity contribution in [2.75, 3.05) is 0 Å². The Balaban J connectivity index is 3.05. The van der Waals surface area contributed by atoms with E-state index in [9.17, 15) is 23.1 Å². The molecule has 1 rings (SSSR count). The van der Waals surface area contributed by atoms with Crippen molar-refractivity contribution in [3.05, 3.63) is 29.8 Å². The number of carbonyl (C=O) groups is 2. The van der Waals surface area contributed by atoms with Crippen LogP contribution in [0.3, 0.4) is 0 Å². The fourth-order valence-corrected chi connectivity index (χ4v) is 3.39. The van der Waals surface area contributed by atoms with Gasteiger partial charge in [-0.3, -0.25) is 4.79 Å². The van der Waals surface area contributed by atoms with E-state index >= 15 is 0 Å². The summed E-state index contributed by atoms with van der Waals surface area (Å²) in [6, 6.07) is 4.19. The van der Waals surface area contributed by atoms with Crippen molar-refractivity contribution in [3.8, 4) is 0 Å². The van der Waals surface area contributed by atoms with E-state index in [1.807, 2.05) is 6.92 Å². The Labute approximate surface area is 142 Å². The predicted molar refractivity (Wildman–Crippen MR) is 90.2 cm³/mol. The first-order valence-electron chi connectivity index (χ1n) is 7.74. The molecule has 0 aliphatic carbocycles. The van der Waals surface area contributed by atoms with Crippen LogP contribution in [0.1, 0.15) is 44.5 Å². The molecule has 1 aromatic rings. The van der Waals surface area contributed by atoms with Crippen molar-refractivity contribution in [2.45, 2.75) is 51.1 Å². The van der Waals surface area contributed by atoms with Gasteiger partial charge in [-0.2, -0.15) is 0 Å². The van der Waals surface area contributed by atoms with E-state index in [1.54, 1.807) is 20.8 Å². The molecule has 0 aromatic heterocycles. The van der Waals surface area contributed by atoms with Crippen LogP contribution in [0.25, 0.3) is 0 Å². The average Bonchev–Trinajstić information content (AvgIpc) is 2.50. The molecule has 0 aliphatic heterocycles. The summed E-state index contributed by atoms with van der Waals surface area (Å²) in [5, 5.41) is 11.7. The molecule has 3 N–H and O–H groups in total. The summed E-state index contributed by atoms with van der Waals surface area (Å²) in [6.07, 6.45) is 0.587. The lowest BCUT2D eigenvalue weighted by molar-refractivity contribution is -0.140. The van der Waals surface area contributed by atoms with Crippen LogP contribution in [-0.2, 0) is 14.8 Å². The van der Waals surface area contributed by atoms with Gasteiger partial charge in [0.25, 0.3) is 5.91 Å². The van der Waals surface area contributed by atoms with E-state index in [0.29, 0.717) is 6.42 Å². The van der Waals surface area contributed by atoms with Crippen LogP contribution in [-0.4, -0.2) is 37.5 Å². The van der Waals surface area contributed by atoms with Gasteiger partial charge in [0.2, 0.25) is 10.0 Å². The van der Waals surface area contributed by atoms with Gasteiger partial charge in [-0.15, -0.1) is 0 Å². The maximum Gasteiger partial charge on any atom is 0.326 e. The Morgan fingerprint density at radius 1 is 1.21 bits per heavy atom. The topological polar surface area (TPSA) is 113 Å². The maximum absolute atomic E-state index is 12.3. The minimum atomic E-state index is -3.73. The van der Waals surface area contributed by atoms with E-state index in [1.165, 1.54) is 24.3 Å². The number of aliphatic carboxylic acids is 1. The monoisotopic (exact) mass is 356 g/mol. The molecule has 0 fully saturated rings. The first-order chi connectivity index (χ1) is 11.1. The minimum Gasteiger partial charge on any atom is -0.480 e. The zero-order chi connectivity index (χ0) is 18.5. The molecule has 0 radical (unpaired) electrons. The quantitative estimate of drug-likeness (QED) is 0.655. The molecular weight excluding hydrogens is 332 g/mol. The minimum absolute atomic E-state index is 0.0423. The van der Waals surface area contributed by atoms with Crippen molar-refractivity contribution < 1.29 is 23.1 Å². The molecule has 0 unspecified atom stereocenters. The number of carbonyl (C=O) groups excluding carboxylic acids is 1. The van der Waals surface area contributed by atoms with E-state index < -0.39 is 27.9 Å². The second-order valence-electron chi connectivity index (χ2n) is 5.98. The largest absolute Gasteiger partial charge is 0.480 e. The normalized spacial score (nSPS) is 14.2. The number of carboxylic acids is 1. The van der Waals surface area contributed by atoms with E-state index in [4.69, 9.17) is 0 Å². The van der Waals surface area contributed by atoms with Gasteiger partial charge < -0.3 is 10.4 Å². The van der Waals surface area contributed by atoms with Gasteiger partial charge in [0.1, 0.15) is 6.04 Å². The molecule has 0 aliphatic rings. The van der Waals surface area contributed by atoms with Gasteiger partial charge in [-0.05, 0) is 38.0 Å². The first kappa shape index (κ1) is 20.1. The van der Waals surface area contributed by atoms with E-state index in [2.05, 4.69) is 10.0 Å².